The molecule has 0 spiro atoms. The average molecular weight is 338 g/mol. The molecule has 0 saturated heterocycles. The van der Waals surface area contributed by atoms with Crippen molar-refractivity contribution >= 4 is 15.9 Å². The van der Waals surface area contributed by atoms with Gasteiger partial charge in [-0.1, -0.05) is 36.4 Å². The first-order valence-corrected chi connectivity index (χ1v) is 7.23. The van der Waals surface area contributed by atoms with E-state index in [9.17, 15) is 9.50 Å². The van der Waals surface area contributed by atoms with Gasteiger partial charge in [0, 0.05) is 12.5 Å². The van der Waals surface area contributed by atoms with Crippen LogP contribution in [0.1, 0.15) is 28.7 Å². The molecule has 0 fully saturated rings. The zero-order valence-corrected chi connectivity index (χ0v) is 12.8. The van der Waals surface area contributed by atoms with Crippen LogP contribution in [0.25, 0.3) is 0 Å². The fourth-order valence-corrected chi connectivity index (χ4v) is 2.89. The maximum absolute atomic E-state index is 13.6. The lowest BCUT2D eigenvalue weighted by Gasteiger charge is -2.24. The van der Waals surface area contributed by atoms with Crippen molar-refractivity contribution in [3.05, 3.63) is 69.4 Å². The van der Waals surface area contributed by atoms with Crippen LogP contribution in [0, 0.1) is 12.7 Å². The van der Waals surface area contributed by atoms with Gasteiger partial charge in [0.2, 0.25) is 0 Å². The van der Waals surface area contributed by atoms with Gasteiger partial charge in [-0.3, -0.25) is 0 Å². The number of hydrogen-bond acceptors (Lipinski definition) is 2. The maximum Gasteiger partial charge on any atom is 0.137 e. The molecule has 3 N–H and O–H groups in total. The van der Waals surface area contributed by atoms with E-state index in [4.69, 9.17) is 5.73 Å². The number of aliphatic hydroxyl groups excluding tert-OH is 1. The quantitative estimate of drug-likeness (QED) is 0.893. The molecule has 0 saturated carbocycles. The fraction of sp³-hybridized carbons (Fsp3) is 0.250. The third kappa shape index (κ3) is 2.92. The molecule has 2 rings (SSSR count). The number of rotatable bonds is 4. The van der Waals surface area contributed by atoms with Crippen molar-refractivity contribution in [2.24, 2.45) is 5.73 Å². The fourth-order valence-electron chi connectivity index (χ4n) is 2.39. The van der Waals surface area contributed by atoms with E-state index in [1.807, 2.05) is 31.2 Å². The molecule has 0 radical (unpaired) electrons. The summed E-state index contributed by atoms with van der Waals surface area (Å²) in [4.78, 5) is 0. The summed E-state index contributed by atoms with van der Waals surface area (Å²) in [6.45, 7) is 2.26. The largest absolute Gasteiger partial charge is 0.388 e. The smallest absolute Gasteiger partial charge is 0.137 e. The molecule has 0 bridgehead atoms. The van der Waals surface area contributed by atoms with E-state index in [-0.39, 0.29) is 18.3 Å². The Kier molecular flexibility index (Phi) is 4.91. The highest BCUT2D eigenvalue weighted by atomic mass is 79.9. The molecule has 2 unspecified atom stereocenters. The van der Waals surface area contributed by atoms with Crippen molar-refractivity contribution in [1.82, 2.24) is 0 Å². The highest BCUT2D eigenvalue weighted by Gasteiger charge is 2.25. The van der Waals surface area contributed by atoms with E-state index < -0.39 is 6.10 Å². The summed E-state index contributed by atoms with van der Waals surface area (Å²) < 4.78 is 13.9. The zero-order valence-electron chi connectivity index (χ0n) is 11.2. The number of nitrogens with two attached hydrogens (primary N) is 1. The summed E-state index contributed by atoms with van der Waals surface area (Å²) >= 11 is 3.19. The van der Waals surface area contributed by atoms with E-state index in [1.54, 1.807) is 12.1 Å². The van der Waals surface area contributed by atoms with Crippen molar-refractivity contribution in [2.45, 2.75) is 18.9 Å². The normalized spacial score (nSPS) is 14.1. The molecule has 0 aliphatic rings. The van der Waals surface area contributed by atoms with Crippen LogP contribution in [0.5, 0.6) is 0 Å². The highest BCUT2D eigenvalue weighted by molar-refractivity contribution is 9.10. The molecule has 0 amide bonds. The Morgan fingerprint density at radius 1 is 1.15 bits per heavy atom. The lowest BCUT2D eigenvalue weighted by atomic mass is 9.87. The van der Waals surface area contributed by atoms with Gasteiger partial charge in [0.05, 0.1) is 10.6 Å². The standard InChI is InChI=1S/C16H17BrFNO/c1-10-5-2-3-6-11(10)13(9-19)16(20)12-7-4-8-14(18)15(12)17/h2-8,13,16,20H,9,19H2,1H3. The van der Waals surface area contributed by atoms with Crippen molar-refractivity contribution in [3.8, 4) is 0 Å². The number of halogens is 2. The van der Waals surface area contributed by atoms with Gasteiger partial charge in [-0.25, -0.2) is 4.39 Å². The van der Waals surface area contributed by atoms with Crippen LogP contribution >= 0.6 is 15.9 Å². The van der Waals surface area contributed by atoms with Crippen LogP contribution in [0.2, 0.25) is 0 Å². The van der Waals surface area contributed by atoms with Crippen LogP contribution in [0.15, 0.2) is 46.9 Å². The topological polar surface area (TPSA) is 46.2 Å². The Morgan fingerprint density at radius 3 is 2.45 bits per heavy atom. The van der Waals surface area contributed by atoms with Gasteiger partial charge in [-0.2, -0.15) is 0 Å². The molecule has 2 aromatic carbocycles. The van der Waals surface area contributed by atoms with Gasteiger partial charge < -0.3 is 10.8 Å². The Bertz CT molecular complexity index is 603. The van der Waals surface area contributed by atoms with Crippen LogP contribution in [-0.2, 0) is 0 Å². The average Bonchev–Trinajstić information content (AvgIpc) is 2.44. The molecule has 20 heavy (non-hydrogen) atoms. The zero-order chi connectivity index (χ0) is 14.7. The molecule has 2 nitrogen and oxygen atoms in total. The second kappa shape index (κ2) is 6.48. The van der Waals surface area contributed by atoms with Gasteiger partial charge in [0.25, 0.3) is 0 Å². The first-order chi connectivity index (χ1) is 9.56. The van der Waals surface area contributed by atoms with Crippen molar-refractivity contribution in [3.63, 3.8) is 0 Å². The van der Waals surface area contributed by atoms with Crippen LogP contribution in [0.3, 0.4) is 0 Å². The van der Waals surface area contributed by atoms with Crippen LogP contribution < -0.4 is 5.73 Å². The van der Waals surface area contributed by atoms with Gasteiger partial charge >= 0.3 is 0 Å². The third-order valence-corrected chi connectivity index (χ3v) is 4.36. The SMILES string of the molecule is Cc1ccccc1C(CN)C(O)c1cccc(F)c1Br. The third-order valence-electron chi connectivity index (χ3n) is 3.52. The van der Waals surface area contributed by atoms with Crippen molar-refractivity contribution in [1.29, 1.82) is 0 Å². The van der Waals surface area contributed by atoms with Crippen LogP contribution in [-0.4, -0.2) is 11.7 Å². The van der Waals surface area contributed by atoms with Gasteiger partial charge in [-0.05, 0) is 45.6 Å². The van der Waals surface area contributed by atoms with Crippen LogP contribution in [0.4, 0.5) is 4.39 Å². The monoisotopic (exact) mass is 337 g/mol. The van der Waals surface area contributed by atoms with E-state index in [0.29, 0.717) is 10.0 Å². The molecular formula is C16H17BrFNO. The van der Waals surface area contributed by atoms with E-state index in [0.717, 1.165) is 11.1 Å². The summed E-state index contributed by atoms with van der Waals surface area (Å²) in [5.41, 5.74) is 8.40. The minimum atomic E-state index is -0.855. The number of aryl methyl sites for hydroxylation is 1. The molecule has 0 aliphatic heterocycles. The first-order valence-electron chi connectivity index (χ1n) is 6.43. The second-order valence-corrected chi connectivity index (χ2v) is 5.58. The minimum Gasteiger partial charge on any atom is -0.388 e. The predicted molar refractivity (Wildman–Crippen MR) is 82.0 cm³/mol. The van der Waals surface area contributed by atoms with E-state index in [1.165, 1.54) is 6.07 Å². The predicted octanol–water partition coefficient (Wildman–Crippen LogP) is 3.67. The molecule has 0 heterocycles. The highest BCUT2D eigenvalue weighted by Crippen LogP contribution is 2.36. The first kappa shape index (κ1) is 15.2. The van der Waals surface area contributed by atoms with E-state index >= 15 is 0 Å². The molecule has 0 aromatic heterocycles. The molecule has 106 valence electrons. The summed E-state index contributed by atoms with van der Waals surface area (Å²) in [6.07, 6.45) is -0.855. The van der Waals surface area contributed by atoms with Gasteiger partial charge in [-0.15, -0.1) is 0 Å². The minimum absolute atomic E-state index is 0.269. The van der Waals surface area contributed by atoms with Gasteiger partial charge in [0.1, 0.15) is 5.82 Å². The lowest BCUT2D eigenvalue weighted by molar-refractivity contribution is 0.146. The Labute approximate surface area is 126 Å². The summed E-state index contributed by atoms with van der Waals surface area (Å²) in [7, 11) is 0. The molecule has 2 aromatic rings. The molecule has 0 aliphatic carbocycles. The Morgan fingerprint density at radius 2 is 1.80 bits per heavy atom. The Balaban J connectivity index is 2.42. The second-order valence-electron chi connectivity index (χ2n) is 4.79. The molecule has 4 heteroatoms. The van der Waals surface area contributed by atoms with Crippen molar-refractivity contribution in [2.75, 3.05) is 6.54 Å². The maximum atomic E-state index is 13.6. The van der Waals surface area contributed by atoms with E-state index in [2.05, 4.69) is 15.9 Å². The molecular weight excluding hydrogens is 321 g/mol. The number of aliphatic hydroxyl groups is 1. The number of benzene rings is 2. The Hall–Kier alpha value is -1.23. The summed E-state index contributed by atoms with van der Waals surface area (Å²) in [5, 5.41) is 10.6. The van der Waals surface area contributed by atoms with Crippen molar-refractivity contribution < 1.29 is 9.50 Å². The lowest BCUT2D eigenvalue weighted by Crippen LogP contribution is -2.21. The molecule has 2 atom stereocenters. The van der Waals surface area contributed by atoms with Gasteiger partial charge in [0.15, 0.2) is 0 Å². The summed E-state index contributed by atoms with van der Waals surface area (Å²) in [5.74, 6) is -0.656. The number of hydrogen-bond donors (Lipinski definition) is 2. The summed E-state index contributed by atoms with van der Waals surface area (Å²) in [6, 6.07) is 12.4.